The van der Waals surface area contributed by atoms with Crippen LogP contribution >= 0.6 is 0 Å². The van der Waals surface area contributed by atoms with E-state index in [1.165, 1.54) is 29.1 Å². The highest BCUT2D eigenvalue weighted by molar-refractivity contribution is 5.24. The smallest absolute Gasteiger partial charge is 0.351 e. The number of aromatic nitrogens is 4. The molecule has 0 radical (unpaired) electrons. The number of hydrogen-bond donors (Lipinski definition) is 6. The highest BCUT2D eigenvalue weighted by Gasteiger charge is 2.55. The van der Waals surface area contributed by atoms with Crippen LogP contribution in [-0.4, -0.2) is 95.2 Å². The fourth-order valence-corrected chi connectivity index (χ4v) is 4.38. The van der Waals surface area contributed by atoms with Crippen LogP contribution in [0.2, 0.25) is 0 Å². The van der Waals surface area contributed by atoms with Crippen LogP contribution in [0.1, 0.15) is 26.3 Å². The van der Waals surface area contributed by atoms with Crippen LogP contribution in [-0.2, 0) is 18.9 Å². The van der Waals surface area contributed by atoms with Gasteiger partial charge in [0.15, 0.2) is 18.2 Å². The Morgan fingerprint density at radius 1 is 0.838 bits per heavy atom. The maximum atomic E-state index is 11.9. The van der Waals surface area contributed by atoms with E-state index in [4.69, 9.17) is 35.5 Å². The quantitative estimate of drug-likeness (QED) is 0.228. The Labute approximate surface area is 209 Å². The van der Waals surface area contributed by atoms with Gasteiger partial charge in [-0.15, -0.1) is 0 Å². The van der Waals surface area contributed by atoms with Crippen molar-refractivity contribution in [3.8, 4) is 0 Å². The van der Waals surface area contributed by atoms with E-state index >= 15 is 0 Å². The average molecular weight is 527 g/mol. The SMILES string of the molecule is CC1(C)OC2C(CO)OC(n3ccc(N)nc3=O)C2O1.Nc1ccn(C2OC(CO)C(O)C2O)c(=O)n1. The van der Waals surface area contributed by atoms with E-state index in [1.807, 2.05) is 0 Å². The van der Waals surface area contributed by atoms with Gasteiger partial charge in [-0.05, 0) is 26.0 Å². The minimum absolute atomic E-state index is 0.0537. The second-order valence-corrected chi connectivity index (χ2v) is 9.13. The highest BCUT2D eigenvalue weighted by atomic mass is 16.8. The molecule has 5 rings (SSSR count). The summed E-state index contributed by atoms with van der Waals surface area (Å²) in [6, 6.07) is 2.88. The second-order valence-electron chi connectivity index (χ2n) is 9.13. The van der Waals surface area contributed by atoms with Gasteiger partial charge in [-0.3, -0.25) is 9.13 Å². The molecule has 3 saturated heterocycles. The summed E-state index contributed by atoms with van der Waals surface area (Å²) in [5.74, 6) is -0.586. The molecule has 16 nitrogen and oxygen atoms in total. The van der Waals surface area contributed by atoms with Crippen molar-refractivity contribution in [2.45, 2.75) is 68.7 Å². The molecule has 3 fully saturated rings. The number of ether oxygens (including phenoxy) is 4. The summed E-state index contributed by atoms with van der Waals surface area (Å²) in [5, 5.41) is 37.5. The maximum absolute atomic E-state index is 11.9. The number of fused-ring (bicyclic) bond motifs is 1. The lowest BCUT2D eigenvalue weighted by Gasteiger charge is -2.24. The number of anilines is 2. The van der Waals surface area contributed by atoms with E-state index in [0.29, 0.717) is 0 Å². The zero-order valence-corrected chi connectivity index (χ0v) is 20.0. The zero-order valence-electron chi connectivity index (χ0n) is 20.0. The van der Waals surface area contributed by atoms with E-state index in [-0.39, 0.29) is 18.2 Å². The summed E-state index contributed by atoms with van der Waals surface area (Å²) < 4.78 is 24.7. The lowest BCUT2D eigenvalue weighted by molar-refractivity contribution is -0.200. The van der Waals surface area contributed by atoms with Crippen molar-refractivity contribution in [1.82, 2.24) is 19.1 Å². The molecule has 5 heterocycles. The Balaban J connectivity index is 0.000000176. The molecule has 8 atom stereocenters. The summed E-state index contributed by atoms with van der Waals surface area (Å²) in [7, 11) is 0. The van der Waals surface area contributed by atoms with Gasteiger partial charge < -0.3 is 50.8 Å². The Morgan fingerprint density at radius 2 is 1.32 bits per heavy atom. The average Bonchev–Trinajstić information content (AvgIpc) is 3.42. The summed E-state index contributed by atoms with van der Waals surface area (Å²) in [6.45, 7) is 2.89. The third-order valence-corrected chi connectivity index (χ3v) is 6.07. The number of nitrogens with zero attached hydrogens (tertiary/aromatic N) is 4. The molecule has 3 aliphatic heterocycles. The molecular weight excluding hydrogens is 496 g/mol. The summed E-state index contributed by atoms with van der Waals surface area (Å²) in [5.41, 5.74) is 9.57. The number of nitrogen functional groups attached to an aromatic ring is 2. The van der Waals surface area contributed by atoms with Gasteiger partial charge >= 0.3 is 11.4 Å². The van der Waals surface area contributed by atoms with Crippen molar-refractivity contribution in [3.05, 3.63) is 45.5 Å². The van der Waals surface area contributed by atoms with Crippen LogP contribution in [0.4, 0.5) is 11.6 Å². The Kier molecular flexibility index (Phi) is 7.63. The molecule has 0 spiro atoms. The van der Waals surface area contributed by atoms with Gasteiger partial charge in [-0.2, -0.15) is 9.97 Å². The van der Waals surface area contributed by atoms with Crippen LogP contribution in [0.25, 0.3) is 0 Å². The van der Waals surface area contributed by atoms with Gasteiger partial charge in [0, 0.05) is 12.4 Å². The van der Waals surface area contributed by atoms with Crippen LogP contribution in [0, 0.1) is 0 Å². The maximum Gasteiger partial charge on any atom is 0.351 e. The molecule has 0 bridgehead atoms. The Morgan fingerprint density at radius 3 is 1.81 bits per heavy atom. The Bertz CT molecular complexity index is 1220. The van der Waals surface area contributed by atoms with Gasteiger partial charge in [0.2, 0.25) is 0 Å². The zero-order chi connectivity index (χ0) is 27.1. The van der Waals surface area contributed by atoms with Gasteiger partial charge in [0.05, 0.1) is 13.2 Å². The van der Waals surface area contributed by atoms with Gasteiger partial charge in [-0.1, -0.05) is 0 Å². The van der Waals surface area contributed by atoms with Crippen molar-refractivity contribution in [2.24, 2.45) is 0 Å². The predicted molar refractivity (Wildman–Crippen MR) is 124 cm³/mol. The fourth-order valence-electron chi connectivity index (χ4n) is 4.38. The van der Waals surface area contributed by atoms with Gasteiger partial charge in [0.1, 0.15) is 48.3 Å². The topological polar surface area (TPSA) is 240 Å². The fraction of sp³-hybridized carbons (Fsp3) is 0.619. The first-order valence-electron chi connectivity index (χ1n) is 11.4. The molecule has 8 unspecified atom stereocenters. The summed E-state index contributed by atoms with van der Waals surface area (Å²) >= 11 is 0. The Hall–Kier alpha value is -2.96. The van der Waals surface area contributed by atoms with Crippen LogP contribution in [0.15, 0.2) is 34.1 Å². The lowest BCUT2D eigenvalue weighted by Crippen LogP contribution is -2.36. The molecule has 37 heavy (non-hydrogen) atoms. The monoisotopic (exact) mass is 526 g/mol. The molecule has 2 aromatic heterocycles. The van der Waals surface area contributed by atoms with Crippen LogP contribution in [0.3, 0.4) is 0 Å². The molecular formula is C21H30N6O10. The number of nitrogens with two attached hydrogens (primary N) is 2. The van der Waals surface area contributed by atoms with Crippen molar-refractivity contribution < 1.29 is 39.4 Å². The third-order valence-electron chi connectivity index (χ3n) is 6.07. The van der Waals surface area contributed by atoms with E-state index in [1.54, 1.807) is 13.8 Å². The van der Waals surface area contributed by atoms with Crippen molar-refractivity contribution in [3.63, 3.8) is 0 Å². The molecule has 8 N–H and O–H groups in total. The van der Waals surface area contributed by atoms with Crippen LogP contribution in [0.5, 0.6) is 0 Å². The molecule has 16 heteroatoms. The van der Waals surface area contributed by atoms with E-state index in [0.717, 1.165) is 4.57 Å². The number of aliphatic hydroxyl groups is 4. The molecule has 0 aromatic carbocycles. The second kappa shape index (κ2) is 10.4. The van der Waals surface area contributed by atoms with E-state index < -0.39 is 72.9 Å². The molecule has 0 amide bonds. The minimum atomic E-state index is -1.31. The third kappa shape index (κ3) is 5.36. The van der Waals surface area contributed by atoms with Crippen molar-refractivity contribution >= 4 is 11.6 Å². The normalized spacial score (nSPS) is 34.1. The van der Waals surface area contributed by atoms with E-state index in [9.17, 15) is 24.9 Å². The largest absolute Gasteiger partial charge is 0.394 e. The molecule has 0 aliphatic carbocycles. The van der Waals surface area contributed by atoms with Crippen LogP contribution < -0.4 is 22.8 Å². The van der Waals surface area contributed by atoms with E-state index in [2.05, 4.69) is 9.97 Å². The molecule has 3 aliphatic rings. The lowest BCUT2D eigenvalue weighted by atomic mass is 10.1. The van der Waals surface area contributed by atoms with Gasteiger partial charge in [-0.25, -0.2) is 9.59 Å². The number of aliphatic hydroxyl groups excluding tert-OH is 4. The first-order valence-corrected chi connectivity index (χ1v) is 11.4. The standard InChI is InChI=1S/C12H17N3O5.C9H13N3O5/c1-12(2)19-8-6(5-16)18-10(9(8)20-12)15-4-3-7(13)14-11(15)17;10-5-1-2-12(9(16)11-5)8-7(15)6(14)4(3-13)17-8/h3-4,6,8-10,16H,5H2,1-2H3,(H2,13,14,17);1-2,4,6-8,13-15H,3H2,(H2,10,11,16). The first kappa shape index (κ1) is 27.1. The number of hydrogen-bond acceptors (Lipinski definition) is 14. The molecule has 2 aromatic rings. The summed E-state index contributed by atoms with van der Waals surface area (Å²) in [4.78, 5) is 30.6. The minimum Gasteiger partial charge on any atom is -0.394 e. The molecule has 204 valence electrons. The number of rotatable bonds is 4. The van der Waals surface area contributed by atoms with Crippen molar-refractivity contribution in [2.75, 3.05) is 24.7 Å². The first-order chi connectivity index (χ1) is 17.5. The predicted octanol–water partition coefficient (Wildman–Crippen LogP) is -3.33. The molecule has 0 saturated carbocycles. The summed E-state index contributed by atoms with van der Waals surface area (Å²) in [6.07, 6.45) is -3.91. The van der Waals surface area contributed by atoms with Gasteiger partial charge in [0.25, 0.3) is 0 Å². The highest BCUT2D eigenvalue weighted by Crippen LogP contribution is 2.42. The van der Waals surface area contributed by atoms with Crippen molar-refractivity contribution in [1.29, 1.82) is 0 Å².